The molecule has 13 heteroatoms. The largest absolute Gasteiger partial charge is 2.00 e. The van der Waals surface area contributed by atoms with E-state index in [2.05, 4.69) is 0 Å². The molecule has 2 aliphatic rings. The second-order valence-corrected chi connectivity index (χ2v) is 14.9. The van der Waals surface area contributed by atoms with Gasteiger partial charge in [0.05, 0.1) is 28.9 Å². The van der Waals surface area contributed by atoms with E-state index in [1.165, 1.54) is 0 Å². The summed E-state index contributed by atoms with van der Waals surface area (Å²) in [6.07, 6.45) is 0. The normalized spacial score (nSPS) is 11.5. The zero-order chi connectivity index (χ0) is 40.5. The molecule has 290 valence electrons. The molecular formula is C48H34N10O2Zn. The van der Waals surface area contributed by atoms with Crippen LogP contribution in [-0.2, 0) is 19.5 Å². The van der Waals surface area contributed by atoms with Crippen LogP contribution in [0.5, 0.6) is 23.0 Å². The van der Waals surface area contributed by atoms with E-state index in [0.29, 0.717) is 79.8 Å². The molecular weight excluding hydrogens is 814 g/mol. The third-order valence-electron chi connectivity index (χ3n) is 10.7. The summed E-state index contributed by atoms with van der Waals surface area (Å²) in [4.78, 5) is 44.9. The molecule has 0 atom stereocenters. The van der Waals surface area contributed by atoms with Crippen molar-refractivity contribution >= 4 is 55.5 Å². The minimum Gasteiger partial charge on any atom is -0.457 e. The van der Waals surface area contributed by atoms with Gasteiger partial charge in [0.2, 0.25) is 0 Å². The first-order chi connectivity index (χ1) is 29.3. The predicted molar refractivity (Wildman–Crippen MR) is 236 cm³/mol. The van der Waals surface area contributed by atoms with Crippen molar-refractivity contribution < 1.29 is 29.0 Å². The topological polar surface area (TPSA) is 130 Å². The van der Waals surface area contributed by atoms with E-state index in [-0.39, 0.29) is 19.5 Å². The van der Waals surface area contributed by atoms with Crippen molar-refractivity contribution in [3.8, 4) is 68.5 Å². The summed E-state index contributed by atoms with van der Waals surface area (Å²) in [5, 5.41) is 3.07. The third-order valence-corrected chi connectivity index (χ3v) is 10.7. The quantitative estimate of drug-likeness (QED) is 0.148. The van der Waals surface area contributed by atoms with Crippen LogP contribution in [-0.4, -0.2) is 58.1 Å². The first-order valence-corrected chi connectivity index (χ1v) is 19.4. The Bertz CT molecular complexity index is 3340. The number of rotatable bonds is 6. The Morgan fingerprint density at radius 2 is 0.820 bits per heavy atom. The van der Waals surface area contributed by atoms with Crippen LogP contribution in [0.15, 0.2) is 133 Å². The Hall–Kier alpha value is -7.50. The van der Waals surface area contributed by atoms with Gasteiger partial charge in [0, 0.05) is 84.2 Å². The third kappa shape index (κ3) is 6.59. The molecule has 12 nitrogen and oxygen atoms in total. The predicted octanol–water partition coefficient (Wildman–Crippen LogP) is 9.84. The Labute approximate surface area is 362 Å². The van der Waals surface area contributed by atoms with E-state index in [4.69, 9.17) is 49.3 Å². The molecule has 11 rings (SSSR count). The Morgan fingerprint density at radius 1 is 0.393 bits per heavy atom. The first-order valence-electron chi connectivity index (χ1n) is 19.4. The maximum Gasteiger partial charge on any atom is 2.00 e. The zero-order valence-electron chi connectivity index (χ0n) is 33.7. The van der Waals surface area contributed by atoms with Gasteiger partial charge in [-0.25, -0.2) is 9.97 Å². The molecule has 0 unspecified atom stereocenters. The van der Waals surface area contributed by atoms with Gasteiger partial charge in [-0.2, -0.15) is 0 Å². The van der Waals surface area contributed by atoms with E-state index in [9.17, 15) is 0 Å². The van der Waals surface area contributed by atoms with Crippen molar-refractivity contribution in [3.05, 3.63) is 133 Å². The number of aromatic nitrogens is 8. The van der Waals surface area contributed by atoms with Gasteiger partial charge in [0.15, 0.2) is 0 Å². The molecule has 0 saturated carbocycles. The maximum absolute atomic E-state index is 6.60. The molecule has 61 heavy (non-hydrogen) atoms. The molecule has 6 aromatic carbocycles. The Morgan fingerprint density at radius 3 is 1.43 bits per heavy atom. The van der Waals surface area contributed by atoms with E-state index < -0.39 is 0 Å². The summed E-state index contributed by atoms with van der Waals surface area (Å²) in [5.41, 5.74) is 6.95. The van der Waals surface area contributed by atoms with Crippen LogP contribution in [0.2, 0.25) is 0 Å². The molecule has 0 N–H and O–H groups in total. The van der Waals surface area contributed by atoms with Crippen LogP contribution in [0, 0.1) is 0 Å². The van der Waals surface area contributed by atoms with Crippen molar-refractivity contribution in [2.24, 2.45) is 0 Å². The molecule has 2 aliphatic heterocycles. The van der Waals surface area contributed by atoms with Crippen molar-refractivity contribution in [2.75, 3.05) is 38.0 Å². The molecule has 0 aliphatic carbocycles. The van der Waals surface area contributed by atoms with Crippen molar-refractivity contribution in [2.45, 2.75) is 0 Å². The number of anilines is 2. The summed E-state index contributed by atoms with van der Waals surface area (Å²) in [7, 11) is 8.02. The van der Waals surface area contributed by atoms with Crippen molar-refractivity contribution in [3.63, 3.8) is 0 Å². The number of hydrogen-bond acceptors (Lipinski definition) is 10. The molecule has 8 bridgehead atoms. The molecule has 0 amide bonds. The monoisotopic (exact) mass is 846 g/mol. The second-order valence-electron chi connectivity index (χ2n) is 14.9. The van der Waals surface area contributed by atoms with Crippen molar-refractivity contribution in [1.82, 2.24) is 39.9 Å². The maximum atomic E-state index is 6.60. The summed E-state index contributed by atoms with van der Waals surface area (Å²) >= 11 is 0. The smallest absolute Gasteiger partial charge is 0.457 e. The van der Waals surface area contributed by atoms with Crippen LogP contribution >= 0.6 is 0 Å². The van der Waals surface area contributed by atoms with E-state index in [1.807, 2.05) is 171 Å². The molecule has 9 aromatic rings. The zero-order valence-corrected chi connectivity index (χ0v) is 36.7. The fourth-order valence-corrected chi connectivity index (χ4v) is 7.64. The number of hydrogen-bond donors (Lipinski definition) is 0. The minimum atomic E-state index is 0. The van der Waals surface area contributed by atoms with Crippen LogP contribution in [0.25, 0.3) is 89.7 Å². The van der Waals surface area contributed by atoms with Crippen LogP contribution < -0.4 is 29.2 Å². The molecule has 0 radical (unpaired) electrons. The van der Waals surface area contributed by atoms with Gasteiger partial charge in [-0.15, -0.1) is 0 Å². The fourth-order valence-electron chi connectivity index (χ4n) is 7.64. The summed E-state index contributed by atoms with van der Waals surface area (Å²) in [6, 6.07) is 43.3. The van der Waals surface area contributed by atoms with Gasteiger partial charge >= 0.3 is 19.5 Å². The minimum absolute atomic E-state index is 0. The van der Waals surface area contributed by atoms with Crippen LogP contribution in [0.3, 0.4) is 0 Å². The number of benzene rings is 6. The van der Waals surface area contributed by atoms with Crippen LogP contribution in [0.1, 0.15) is 0 Å². The summed E-state index contributed by atoms with van der Waals surface area (Å²) < 4.78 is 13.2. The Kier molecular flexibility index (Phi) is 9.26. The summed E-state index contributed by atoms with van der Waals surface area (Å²) in [6.45, 7) is 0. The SMILES string of the molecule is CN(C)c1ccc(Oc2cccc3c2-c2nc-3nc3[n-]c(nc4nc(nc5[n-]c(n2)c2cccc(Oc6ccc(N(C)C)cc6)c52)-c2ccccc2-4)c2ccccc32)cc1.[Zn+2]. The number of fused-ring (bicyclic) bond motifs is 20. The van der Waals surface area contributed by atoms with Crippen molar-refractivity contribution in [1.29, 1.82) is 0 Å². The van der Waals surface area contributed by atoms with E-state index in [0.717, 1.165) is 44.2 Å². The first kappa shape index (κ1) is 37.8. The molecule has 0 fully saturated rings. The fraction of sp³-hybridized carbons (Fsp3) is 0.0833. The van der Waals surface area contributed by atoms with Gasteiger partial charge in [-0.05, 0) is 76.8 Å². The van der Waals surface area contributed by atoms with Gasteiger partial charge in [-0.1, -0.05) is 72.8 Å². The molecule has 5 heterocycles. The van der Waals surface area contributed by atoms with E-state index in [1.54, 1.807) is 0 Å². The van der Waals surface area contributed by atoms with Gasteiger partial charge in [0.1, 0.15) is 23.0 Å². The van der Waals surface area contributed by atoms with Gasteiger partial charge in [-0.3, -0.25) is 0 Å². The average molecular weight is 848 g/mol. The second kappa shape index (κ2) is 15.0. The Balaban J connectivity index is 0.00000445. The number of ether oxygens (including phenoxy) is 2. The molecule has 0 saturated heterocycles. The standard InChI is InChI=1S/C48H34N10O2.Zn/c1-57(2)27-19-23-29(24-20-27)59-37-17-9-15-35-39(37)48-54-45(35)52-43-32-12-6-5-11-31(32)41(50-43)49-42-33-13-7-8-14-34(33)44(51-42)53-47-40-36(46(55-47)56-48)16-10-18-38(40)60-30-25-21-28(22-26-30)58(3)4;/h5-26H,1-4H3;/q-2;+2. The van der Waals surface area contributed by atoms with Gasteiger partial charge < -0.3 is 49.2 Å². The van der Waals surface area contributed by atoms with E-state index >= 15 is 0 Å². The molecule has 0 spiro atoms. The van der Waals surface area contributed by atoms with Crippen LogP contribution in [0.4, 0.5) is 11.4 Å². The van der Waals surface area contributed by atoms with Gasteiger partial charge in [0.25, 0.3) is 0 Å². The number of nitrogens with zero attached hydrogens (tertiary/aromatic N) is 10. The summed E-state index contributed by atoms with van der Waals surface area (Å²) in [5.74, 6) is 4.23. The molecule has 3 aromatic heterocycles. The average Bonchev–Trinajstić information content (AvgIpc) is 4.00.